The van der Waals surface area contributed by atoms with Crippen molar-refractivity contribution in [3.63, 3.8) is 0 Å². The van der Waals surface area contributed by atoms with Crippen LogP contribution >= 0.6 is 11.8 Å². The highest BCUT2D eigenvalue weighted by molar-refractivity contribution is 7.99. The third-order valence-electron chi connectivity index (χ3n) is 4.27. The molecule has 1 aliphatic rings. The van der Waals surface area contributed by atoms with Crippen LogP contribution in [-0.2, 0) is 47.7 Å². The van der Waals surface area contributed by atoms with Crippen LogP contribution in [0.15, 0.2) is 0 Å². The van der Waals surface area contributed by atoms with Gasteiger partial charge < -0.3 is 28.8 Å². The summed E-state index contributed by atoms with van der Waals surface area (Å²) >= 11 is 1.28. The number of thioether (sulfide) groups is 1. The molecule has 0 aromatic heterocycles. The number of unbranched alkanes of at least 4 members (excludes halogenated alkanes) is 2. The van der Waals surface area contributed by atoms with Crippen LogP contribution in [0.4, 0.5) is 0 Å². The van der Waals surface area contributed by atoms with Crippen molar-refractivity contribution < 1.29 is 52.8 Å². The van der Waals surface area contributed by atoms with Gasteiger partial charge in [-0.15, -0.1) is 11.8 Å². The van der Waals surface area contributed by atoms with Crippen molar-refractivity contribution in [1.82, 2.24) is 0 Å². The van der Waals surface area contributed by atoms with Gasteiger partial charge >= 0.3 is 29.8 Å². The topological polar surface area (TPSA) is 152 Å². The van der Waals surface area contributed by atoms with Gasteiger partial charge in [0.1, 0.15) is 18.1 Å². The van der Waals surface area contributed by atoms with E-state index >= 15 is 0 Å². The first kappa shape index (κ1) is 27.7. The van der Waals surface area contributed by atoms with E-state index in [0.717, 1.165) is 13.8 Å². The number of hydrogen-bond acceptors (Lipinski definition) is 11. The number of ether oxygens (including phenoxy) is 5. The van der Waals surface area contributed by atoms with E-state index in [9.17, 15) is 24.0 Å². The SMILES string of the molecule is CC(=O)OC[C@H]1O[C@@H](SCCCCCC(=O)O)[C@H](OC(C)=O)[C@@H](OC(C)=O)[C@@H]1OC(C)=O. The van der Waals surface area contributed by atoms with Crippen molar-refractivity contribution in [2.24, 2.45) is 0 Å². The van der Waals surface area contributed by atoms with E-state index in [0.29, 0.717) is 25.0 Å². The largest absolute Gasteiger partial charge is 0.481 e. The van der Waals surface area contributed by atoms with E-state index in [1.54, 1.807) is 0 Å². The Morgan fingerprint density at radius 3 is 1.88 bits per heavy atom. The van der Waals surface area contributed by atoms with Crippen molar-refractivity contribution in [2.45, 2.75) is 83.2 Å². The van der Waals surface area contributed by atoms with Gasteiger partial charge in [0.2, 0.25) is 0 Å². The fourth-order valence-corrected chi connectivity index (χ4v) is 4.30. The van der Waals surface area contributed by atoms with Gasteiger partial charge in [0.25, 0.3) is 0 Å². The molecule has 1 aliphatic heterocycles. The average Bonchev–Trinajstić information content (AvgIpc) is 2.65. The number of aliphatic carboxylic acids is 1. The molecule has 1 heterocycles. The molecule has 1 fully saturated rings. The number of carbonyl (C=O) groups excluding carboxylic acids is 4. The monoisotopic (exact) mass is 478 g/mol. The zero-order valence-electron chi connectivity index (χ0n) is 18.6. The van der Waals surface area contributed by atoms with Crippen LogP contribution in [0.5, 0.6) is 0 Å². The van der Waals surface area contributed by atoms with Crippen molar-refractivity contribution in [2.75, 3.05) is 12.4 Å². The summed E-state index contributed by atoms with van der Waals surface area (Å²) in [5, 5.41) is 8.71. The molecule has 0 amide bonds. The number of esters is 4. The molecular weight excluding hydrogens is 448 g/mol. The first-order valence-corrected chi connectivity index (χ1v) is 11.2. The fourth-order valence-electron chi connectivity index (χ4n) is 3.08. The Morgan fingerprint density at radius 2 is 1.34 bits per heavy atom. The van der Waals surface area contributed by atoms with Gasteiger partial charge in [0.15, 0.2) is 18.3 Å². The van der Waals surface area contributed by atoms with Crippen LogP contribution in [0, 0.1) is 0 Å². The second kappa shape index (κ2) is 13.9. The molecule has 5 atom stereocenters. The highest BCUT2D eigenvalue weighted by Gasteiger charge is 2.52. The van der Waals surface area contributed by atoms with Gasteiger partial charge in [-0.3, -0.25) is 24.0 Å². The first-order valence-electron chi connectivity index (χ1n) is 10.1. The predicted molar refractivity (Wildman–Crippen MR) is 111 cm³/mol. The molecule has 0 bridgehead atoms. The maximum Gasteiger partial charge on any atom is 0.303 e. The lowest BCUT2D eigenvalue weighted by atomic mass is 9.99. The average molecular weight is 479 g/mol. The van der Waals surface area contributed by atoms with Crippen LogP contribution in [0.2, 0.25) is 0 Å². The van der Waals surface area contributed by atoms with Gasteiger partial charge in [-0.2, -0.15) is 0 Å². The second-order valence-electron chi connectivity index (χ2n) is 7.14. The summed E-state index contributed by atoms with van der Waals surface area (Å²) in [6, 6.07) is 0. The fraction of sp³-hybridized carbons (Fsp3) is 0.750. The van der Waals surface area contributed by atoms with Crippen LogP contribution in [0.25, 0.3) is 0 Å². The van der Waals surface area contributed by atoms with Crippen LogP contribution in [-0.4, -0.2) is 77.2 Å². The van der Waals surface area contributed by atoms with Gasteiger partial charge in [-0.25, -0.2) is 0 Å². The molecule has 0 unspecified atom stereocenters. The summed E-state index contributed by atoms with van der Waals surface area (Å²) < 4.78 is 27.0. The lowest BCUT2D eigenvalue weighted by Crippen LogP contribution is -2.61. The second-order valence-corrected chi connectivity index (χ2v) is 8.35. The van der Waals surface area contributed by atoms with Crippen molar-refractivity contribution >= 4 is 41.6 Å². The van der Waals surface area contributed by atoms with Crippen LogP contribution < -0.4 is 0 Å². The van der Waals surface area contributed by atoms with Gasteiger partial charge in [0.05, 0.1) is 0 Å². The molecule has 1 rings (SSSR count). The van der Waals surface area contributed by atoms with Gasteiger partial charge in [0, 0.05) is 34.1 Å². The van der Waals surface area contributed by atoms with E-state index in [1.807, 2.05) is 0 Å². The Labute approximate surface area is 190 Å². The molecule has 0 spiro atoms. The van der Waals surface area contributed by atoms with Crippen LogP contribution in [0.1, 0.15) is 53.4 Å². The minimum Gasteiger partial charge on any atom is -0.481 e. The summed E-state index contributed by atoms with van der Waals surface area (Å²) in [5.41, 5.74) is -0.810. The molecule has 0 aromatic carbocycles. The minimum atomic E-state index is -1.18. The summed E-state index contributed by atoms with van der Waals surface area (Å²) in [4.78, 5) is 57.1. The smallest absolute Gasteiger partial charge is 0.303 e. The zero-order valence-corrected chi connectivity index (χ0v) is 19.4. The molecule has 32 heavy (non-hydrogen) atoms. The predicted octanol–water partition coefficient (Wildman–Crippen LogP) is 1.45. The molecule has 1 N–H and O–H groups in total. The lowest BCUT2D eigenvalue weighted by Gasteiger charge is -2.44. The van der Waals surface area contributed by atoms with Crippen LogP contribution in [0.3, 0.4) is 0 Å². The summed E-state index contributed by atoms with van der Waals surface area (Å²) in [7, 11) is 0. The summed E-state index contributed by atoms with van der Waals surface area (Å²) in [5.74, 6) is -2.93. The number of carboxylic acid groups (broad SMARTS) is 1. The highest BCUT2D eigenvalue weighted by atomic mass is 32.2. The molecule has 0 aromatic rings. The molecule has 182 valence electrons. The van der Waals surface area contributed by atoms with Crippen molar-refractivity contribution in [3.8, 4) is 0 Å². The Hall–Kier alpha value is -2.34. The van der Waals surface area contributed by atoms with Gasteiger partial charge in [-0.05, 0) is 18.6 Å². The normalized spacial score (nSPS) is 24.8. The first-order chi connectivity index (χ1) is 15.0. The van der Waals surface area contributed by atoms with Gasteiger partial charge in [-0.1, -0.05) is 6.42 Å². The molecular formula is C20H30O11S. The van der Waals surface area contributed by atoms with E-state index in [1.165, 1.54) is 25.6 Å². The maximum atomic E-state index is 11.8. The molecule has 0 radical (unpaired) electrons. The molecule has 11 nitrogen and oxygen atoms in total. The number of hydrogen-bond donors (Lipinski definition) is 1. The minimum absolute atomic E-state index is 0.0731. The Morgan fingerprint density at radius 1 is 0.781 bits per heavy atom. The summed E-state index contributed by atoms with van der Waals surface area (Å²) in [6.45, 7) is 4.44. The molecule has 0 saturated carbocycles. The maximum absolute atomic E-state index is 11.8. The molecule has 1 saturated heterocycles. The molecule has 12 heteroatoms. The Balaban J connectivity index is 3.05. The number of rotatable bonds is 12. The molecule has 0 aliphatic carbocycles. The third-order valence-corrected chi connectivity index (χ3v) is 5.50. The Kier molecular flexibility index (Phi) is 12.1. The Bertz CT molecular complexity index is 680. The van der Waals surface area contributed by atoms with E-state index in [2.05, 4.69) is 0 Å². The third kappa shape index (κ3) is 10.3. The van der Waals surface area contributed by atoms with Crippen molar-refractivity contribution in [1.29, 1.82) is 0 Å². The number of carboxylic acids is 1. The van der Waals surface area contributed by atoms with E-state index in [4.69, 9.17) is 28.8 Å². The quantitative estimate of drug-likeness (QED) is 0.245. The highest BCUT2D eigenvalue weighted by Crippen LogP contribution is 2.34. The number of carbonyl (C=O) groups is 5. The standard InChI is InChI=1S/C20H30O11S/c1-11(21)27-10-15-17(28-12(2)22)18(29-13(3)23)19(30-14(4)24)20(31-15)32-9-7-5-6-8-16(25)26/h15,17-20H,5-10H2,1-4H3,(H,25,26)/t15-,17-,18+,19-,20+/m1/s1. The summed E-state index contributed by atoms with van der Waals surface area (Å²) in [6.07, 6.45) is -2.47. The van der Waals surface area contributed by atoms with Crippen molar-refractivity contribution in [3.05, 3.63) is 0 Å². The van der Waals surface area contributed by atoms with E-state index in [-0.39, 0.29) is 13.0 Å². The van der Waals surface area contributed by atoms with E-state index < -0.39 is 59.7 Å². The zero-order chi connectivity index (χ0) is 24.3. The lowest BCUT2D eigenvalue weighted by molar-refractivity contribution is -0.237.